The van der Waals surface area contributed by atoms with E-state index in [1.807, 2.05) is 25.1 Å². The topological polar surface area (TPSA) is 84.9 Å². The molecule has 0 aliphatic rings. The molecule has 1 amide bonds. The predicted octanol–water partition coefficient (Wildman–Crippen LogP) is 5.60. The minimum atomic E-state index is -0.846. The number of carbonyl (C=O) groups excluding carboxylic acids is 1. The molecule has 6 nitrogen and oxygen atoms in total. The fourth-order valence-electron chi connectivity index (χ4n) is 3.66. The van der Waals surface area contributed by atoms with E-state index in [0.29, 0.717) is 35.7 Å². The lowest BCUT2D eigenvalue weighted by molar-refractivity contribution is -0.141. The van der Waals surface area contributed by atoms with Crippen molar-refractivity contribution >= 4 is 11.9 Å². The van der Waals surface area contributed by atoms with Crippen LogP contribution in [0.2, 0.25) is 0 Å². The molecular weight excluding hydrogens is 437 g/mol. The number of para-hydroxylation sites is 1. The standard InChI is InChI=1S/C27H28FNO5/c1-3-6-19(27(31)32)15-18-9-14-25(33-2)23(16-18)26(30)29-17-20-7-4-5-8-24(20)34-22-12-10-21(28)11-13-22/h4-5,7-14,16,19H,3,6,15,17H2,1-2H3,(H,29,30)(H,31,32)/t19-/m0/s1. The number of carboxylic acid groups (broad SMARTS) is 1. The number of aliphatic carboxylic acids is 1. The molecule has 1 atom stereocenters. The highest BCUT2D eigenvalue weighted by molar-refractivity contribution is 5.97. The number of carbonyl (C=O) groups is 2. The number of nitrogens with one attached hydrogen (secondary N) is 1. The predicted molar refractivity (Wildman–Crippen MR) is 127 cm³/mol. The van der Waals surface area contributed by atoms with E-state index >= 15 is 0 Å². The SMILES string of the molecule is CCC[C@@H](Cc1ccc(OC)c(C(=O)NCc2ccccc2Oc2ccc(F)cc2)c1)C(=O)O. The number of ether oxygens (including phenoxy) is 2. The molecule has 3 aromatic carbocycles. The number of hydrogen-bond donors (Lipinski definition) is 2. The largest absolute Gasteiger partial charge is 0.496 e. The van der Waals surface area contributed by atoms with Crippen LogP contribution in [0.4, 0.5) is 4.39 Å². The molecule has 3 aromatic rings. The Hall–Kier alpha value is -3.87. The van der Waals surface area contributed by atoms with Gasteiger partial charge in [0.2, 0.25) is 0 Å². The molecule has 0 saturated heterocycles. The van der Waals surface area contributed by atoms with Crippen molar-refractivity contribution in [3.8, 4) is 17.2 Å². The van der Waals surface area contributed by atoms with Gasteiger partial charge in [0, 0.05) is 12.1 Å². The van der Waals surface area contributed by atoms with Gasteiger partial charge in [0.15, 0.2) is 0 Å². The maximum atomic E-state index is 13.2. The van der Waals surface area contributed by atoms with Crippen LogP contribution in [0, 0.1) is 11.7 Å². The highest BCUT2D eigenvalue weighted by Crippen LogP contribution is 2.26. The van der Waals surface area contributed by atoms with Crippen molar-refractivity contribution in [2.24, 2.45) is 5.92 Å². The van der Waals surface area contributed by atoms with E-state index in [2.05, 4.69) is 5.32 Å². The molecule has 0 aliphatic heterocycles. The van der Waals surface area contributed by atoms with Gasteiger partial charge in [-0.1, -0.05) is 37.6 Å². The van der Waals surface area contributed by atoms with Crippen LogP contribution in [0.3, 0.4) is 0 Å². The van der Waals surface area contributed by atoms with Gasteiger partial charge in [-0.3, -0.25) is 9.59 Å². The van der Waals surface area contributed by atoms with Gasteiger partial charge in [-0.2, -0.15) is 0 Å². The summed E-state index contributed by atoms with van der Waals surface area (Å²) in [4.78, 5) is 24.6. The average molecular weight is 466 g/mol. The Morgan fingerprint density at radius 1 is 1.03 bits per heavy atom. The minimum Gasteiger partial charge on any atom is -0.496 e. The monoisotopic (exact) mass is 465 g/mol. The molecule has 178 valence electrons. The summed E-state index contributed by atoms with van der Waals surface area (Å²) in [6.07, 6.45) is 1.66. The first-order valence-electron chi connectivity index (χ1n) is 11.1. The van der Waals surface area contributed by atoms with Crippen LogP contribution < -0.4 is 14.8 Å². The Morgan fingerprint density at radius 3 is 2.44 bits per heavy atom. The fraction of sp³-hybridized carbons (Fsp3) is 0.259. The number of hydrogen-bond acceptors (Lipinski definition) is 4. The smallest absolute Gasteiger partial charge is 0.306 e. The van der Waals surface area contributed by atoms with Gasteiger partial charge in [-0.15, -0.1) is 0 Å². The van der Waals surface area contributed by atoms with Crippen molar-refractivity contribution < 1.29 is 28.6 Å². The molecule has 0 unspecified atom stereocenters. The summed E-state index contributed by atoms with van der Waals surface area (Å²) in [7, 11) is 1.48. The Labute approximate surface area is 198 Å². The number of amides is 1. The molecule has 0 spiro atoms. The Balaban J connectivity index is 1.74. The second-order valence-electron chi connectivity index (χ2n) is 7.91. The molecule has 0 aromatic heterocycles. The highest BCUT2D eigenvalue weighted by Gasteiger charge is 2.19. The van der Waals surface area contributed by atoms with Crippen molar-refractivity contribution in [1.29, 1.82) is 0 Å². The van der Waals surface area contributed by atoms with Crippen molar-refractivity contribution in [2.45, 2.75) is 32.7 Å². The highest BCUT2D eigenvalue weighted by atomic mass is 19.1. The average Bonchev–Trinajstić information content (AvgIpc) is 2.84. The second kappa shape index (κ2) is 11.8. The zero-order valence-corrected chi connectivity index (χ0v) is 19.2. The van der Waals surface area contributed by atoms with Crippen molar-refractivity contribution in [1.82, 2.24) is 5.32 Å². The van der Waals surface area contributed by atoms with E-state index in [1.54, 1.807) is 24.3 Å². The summed E-state index contributed by atoms with van der Waals surface area (Å²) in [5.41, 5.74) is 1.83. The van der Waals surface area contributed by atoms with Gasteiger partial charge in [0.25, 0.3) is 5.91 Å². The van der Waals surface area contributed by atoms with E-state index < -0.39 is 11.9 Å². The number of methoxy groups -OCH3 is 1. The quantitative estimate of drug-likeness (QED) is 0.385. The molecular formula is C27H28FNO5. The lowest BCUT2D eigenvalue weighted by Crippen LogP contribution is -2.24. The summed E-state index contributed by atoms with van der Waals surface area (Å²) in [5.74, 6) is -0.634. The number of rotatable bonds is 11. The lowest BCUT2D eigenvalue weighted by Gasteiger charge is -2.15. The van der Waals surface area contributed by atoms with E-state index in [9.17, 15) is 19.1 Å². The van der Waals surface area contributed by atoms with Crippen molar-refractivity contribution in [2.75, 3.05) is 7.11 Å². The van der Waals surface area contributed by atoms with Crippen LogP contribution >= 0.6 is 0 Å². The van der Waals surface area contributed by atoms with Gasteiger partial charge in [-0.25, -0.2) is 4.39 Å². The van der Waals surface area contributed by atoms with Crippen LogP contribution in [-0.2, 0) is 17.8 Å². The molecule has 0 fully saturated rings. The molecule has 34 heavy (non-hydrogen) atoms. The molecule has 0 radical (unpaired) electrons. The van der Waals surface area contributed by atoms with E-state index in [0.717, 1.165) is 17.5 Å². The van der Waals surface area contributed by atoms with Crippen LogP contribution in [0.5, 0.6) is 17.2 Å². The second-order valence-corrected chi connectivity index (χ2v) is 7.91. The van der Waals surface area contributed by atoms with E-state index in [-0.39, 0.29) is 18.3 Å². The van der Waals surface area contributed by atoms with Crippen LogP contribution in [0.25, 0.3) is 0 Å². The third kappa shape index (κ3) is 6.57. The molecule has 2 N–H and O–H groups in total. The maximum absolute atomic E-state index is 13.2. The minimum absolute atomic E-state index is 0.192. The van der Waals surface area contributed by atoms with Gasteiger partial charge in [0.05, 0.1) is 18.6 Å². The summed E-state index contributed by atoms with van der Waals surface area (Å²) >= 11 is 0. The number of carboxylic acids is 1. The third-order valence-corrected chi connectivity index (χ3v) is 5.43. The van der Waals surface area contributed by atoms with Crippen LogP contribution in [0.15, 0.2) is 66.7 Å². The molecule has 3 rings (SSSR count). The first-order valence-corrected chi connectivity index (χ1v) is 11.1. The molecule has 0 saturated carbocycles. The summed E-state index contributed by atoms with van der Waals surface area (Å²) < 4.78 is 24.4. The third-order valence-electron chi connectivity index (χ3n) is 5.43. The van der Waals surface area contributed by atoms with Crippen LogP contribution in [-0.4, -0.2) is 24.1 Å². The first kappa shape index (κ1) is 24.8. The van der Waals surface area contributed by atoms with Gasteiger partial charge in [0.1, 0.15) is 23.1 Å². The zero-order chi connectivity index (χ0) is 24.5. The van der Waals surface area contributed by atoms with E-state index in [1.165, 1.54) is 31.4 Å². The number of benzene rings is 3. The van der Waals surface area contributed by atoms with Gasteiger partial charge < -0.3 is 19.9 Å². The van der Waals surface area contributed by atoms with Gasteiger partial charge in [-0.05, 0) is 60.9 Å². The Bertz CT molecular complexity index is 1130. The molecule has 0 heterocycles. The molecule has 0 aliphatic carbocycles. The molecule has 0 bridgehead atoms. The first-order chi connectivity index (χ1) is 16.4. The summed E-state index contributed by atoms with van der Waals surface area (Å²) in [6.45, 7) is 2.14. The van der Waals surface area contributed by atoms with Crippen molar-refractivity contribution in [3.05, 3.63) is 89.2 Å². The molecule has 7 heteroatoms. The van der Waals surface area contributed by atoms with Crippen LogP contribution in [0.1, 0.15) is 41.3 Å². The maximum Gasteiger partial charge on any atom is 0.306 e. The van der Waals surface area contributed by atoms with Crippen molar-refractivity contribution in [3.63, 3.8) is 0 Å². The number of halogens is 1. The normalized spacial score (nSPS) is 11.5. The zero-order valence-electron chi connectivity index (χ0n) is 19.2. The Morgan fingerprint density at radius 2 is 1.76 bits per heavy atom. The van der Waals surface area contributed by atoms with Gasteiger partial charge >= 0.3 is 5.97 Å². The lowest BCUT2D eigenvalue weighted by atomic mass is 9.94. The summed E-state index contributed by atoms with van der Waals surface area (Å²) in [6, 6.07) is 18.1. The summed E-state index contributed by atoms with van der Waals surface area (Å²) in [5, 5.41) is 12.3. The fourth-order valence-corrected chi connectivity index (χ4v) is 3.66. The Kier molecular flexibility index (Phi) is 8.62. The van der Waals surface area contributed by atoms with E-state index in [4.69, 9.17) is 9.47 Å².